The number of alkyl halides is 4. The summed E-state index contributed by atoms with van der Waals surface area (Å²) in [5, 5.41) is 30.9. The van der Waals surface area contributed by atoms with Gasteiger partial charge in [-0.05, 0) is 197 Å². The Morgan fingerprint density at radius 1 is 0.383 bits per heavy atom. The Balaban J connectivity index is 0.000000114. The van der Waals surface area contributed by atoms with Crippen molar-refractivity contribution in [2.24, 2.45) is 23.7 Å². The van der Waals surface area contributed by atoms with Gasteiger partial charge in [-0.25, -0.2) is 66.2 Å². The first kappa shape index (κ1) is 79.3. The van der Waals surface area contributed by atoms with Crippen molar-refractivity contribution in [2.45, 2.75) is 119 Å². The van der Waals surface area contributed by atoms with Crippen molar-refractivity contribution in [2.75, 3.05) is 47.4 Å². The summed E-state index contributed by atoms with van der Waals surface area (Å²) in [6, 6.07) is 40.6. The van der Waals surface area contributed by atoms with E-state index in [9.17, 15) is 45.5 Å². The average Bonchev–Trinajstić information content (AvgIpc) is 1.63. The summed E-state index contributed by atoms with van der Waals surface area (Å²) >= 11 is 5.92. The lowest BCUT2D eigenvalue weighted by molar-refractivity contribution is 0.0684. The van der Waals surface area contributed by atoms with Gasteiger partial charge in [0.15, 0.2) is 11.6 Å². The zero-order valence-corrected chi connectivity index (χ0v) is 65.4. The number of aromatic nitrogens is 14. The van der Waals surface area contributed by atoms with Gasteiger partial charge in [0, 0.05) is 117 Å². The first-order chi connectivity index (χ1) is 58.4. The fourth-order valence-electron chi connectivity index (χ4n) is 18.3. The number of anilines is 4. The number of fused-ring (bicyclic) bond motifs is 8. The lowest BCUT2D eigenvalue weighted by atomic mass is 10.0. The molecule has 12 unspecified atom stereocenters. The van der Waals surface area contributed by atoms with Crippen LogP contribution in [-0.2, 0) is 0 Å². The monoisotopic (exact) mass is 1650 g/mol. The Kier molecular flexibility index (Phi) is 23.0. The third-order valence-corrected chi connectivity index (χ3v) is 23.8. The maximum atomic E-state index is 14.7. The van der Waals surface area contributed by atoms with Gasteiger partial charge in [-0.2, -0.15) is 30.0 Å². The highest BCUT2D eigenvalue weighted by molar-refractivity contribution is 6.30. The molecule has 4 aromatic carbocycles. The van der Waals surface area contributed by atoms with Gasteiger partial charge in [-0.15, -0.1) is 0 Å². The number of benzene rings is 4. The van der Waals surface area contributed by atoms with Gasteiger partial charge >= 0.3 is 0 Å². The predicted molar refractivity (Wildman–Crippen MR) is 434 cm³/mol. The maximum absolute atomic E-state index is 14.7. The number of nitrogens with one attached hydrogen (secondary N) is 4. The number of hydrogen-bond donors (Lipinski definition) is 4. The highest BCUT2D eigenvalue weighted by Gasteiger charge is 2.52. The molecule has 8 aliphatic rings. The molecule has 0 radical (unpaired) electrons. The molecular formula is C87H81ClF6N22O4. The fraction of sp³-hybridized carbons (Fsp3) is 0.310. The number of hydrogen-bond acceptors (Lipinski definition) is 20. The molecule has 33 heteroatoms. The molecule has 8 aromatic heterocycles. The van der Waals surface area contributed by atoms with Crippen molar-refractivity contribution in [3.8, 4) is 34.2 Å². The van der Waals surface area contributed by atoms with Gasteiger partial charge in [-0.1, -0.05) is 48.0 Å². The number of pyridine rings is 4. The number of likely N-dealkylation sites (tertiary alicyclic amines) is 4. The summed E-state index contributed by atoms with van der Waals surface area (Å²) in [4.78, 5) is 97.9. The molecule has 12 aromatic rings. The quantitative estimate of drug-likeness (QED) is 0.0580. The Bertz CT molecular complexity index is 5610. The van der Waals surface area contributed by atoms with Crippen LogP contribution in [0.5, 0.6) is 0 Å². The zero-order chi connectivity index (χ0) is 82.7. The first-order valence-corrected chi connectivity index (χ1v) is 40.1. The highest BCUT2D eigenvalue weighted by atomic mass is 35.5. The molecule has 12 atom stereocenters. The van der Waals surface area contributed by atoms with Crippen molar-refractivity contribution < 1.29 is 45.5 Å². The van der Waals surface area contributed by atoms with E-state index in [2.05, 4.69) is 87.6 Å². The summed E-state index contributed by atoms with van der Waals surface area (Å²) in [5.74, 6) is 3.39. The van der Waals surface area contributed by atoms with Gasteiger partial charge in [-0.3, -0.25) is 19.2 Å². The molecule has 0 spiro atoms. The highest BCUT2D eigenvalue weighted by Crippen LogP contribution is 2.45. The third-order valence-electron chi connectivity index (χ3n) is 23.6. The zero-order valence-electron chi connectivity index (χ0n) is 64.7. The number of para-hydroxylation sites is 2. The SMILES string of the molecule is Cc1ccc(NC2CC3CC2N(C(=O)c2ccccc2-n2nccn2)C3)nc1.O=C(c1cc(F)ccc1-c1ncccn1)N1CC2CC(Nc3ccc(Cl)cn3)C1C2.O=C(c1cccc(F)c1-c1ncccn1)N1CC2CC(Nc3ccc(C(F)F)cn3)C1C2.O=C(c1ccccc1-n1nccn1)N1CC2CC(Nc3ccc(C(F)F)cn3)C1C2. The topological polar surface area (TPSA) is 294 Å². The number of aryl methyl sites for hydroxylation is 1. The Morgan fingerprint density at radius 3 is 1.16 bits per heavy atom. The Labute approximate surface area is 690 Å². The molecule has 4 saturated heterocycles. The molecule has 8 fully saturated rings. The predicted octanol–water partition coefficient (Wildman–Crippen LogP) is 14.4. The largest absolute Gasteiger partial charge is 0.365 e. The van der Waals surface area contributed by atoms with E-state index >= 15 is 0 Å². The summed E-state index contributed by atoms with van der Waals surface area (Å²) < 4.78 is 79.8. The van der Waals surface area contributed by atoms with Crippen LogP contribution in [-0.4, -0.2) is 188 Å². The molecule has 4 N–H and O–H groups in total. The smallest absolute Gasteiger partial charge is 0.265 e. The second kappa shape index (κ2) is 34.8. The summed E-state index contributed by atoms with van der Waals surface area (Å²) in [7, 11) is 0. The van der Waals surface area contributed by atoms with Crippen molar-refractivity contribution in [3.63, 3.8) is 0 Å². The minimum Gasteiger partial charge on any atom is -0.365 e. The summed E-state index contributed by atoms with van der Waals surface area (Å²) in [6.07, 6.45) is 20.8. The van der Waals surface area contributed by atoms with Crippen LogP contribution in [0.3, 0.4) is 0 Å². The number of amides is 4. The first-order valence-electron chi connectivity index (χ1n) is 39.7. The normalized spacial score (nSPS) is 22.5. The number of piperidine rings is 4. The Hall–Kier alpha value is -13.1. The van der Waals surface area contributed by atoms with Crippen molar-refractivity contribution >= 4 is 58.5 Å². The molecule has 4 aliphatic carbocycles. The standard InChI is InChI=1S/C23H20F3N5O.C22H19ClFN5O.C21H20F2N6O.C21H22N6O/c24-16-4-1-3-15(20(16)22-27-7-2-8-28-22)23(32)31-12-13-9-17(18(31)10-13)30-19-6-5-14(11-29-19)21(25)26;23-14-2-5-20(27-11-14)28-18-8-13-9-19(18)29(12-13)22(30)17-10-15(24)3-4-16(17)21-25-6-1-7-26-21;22-20(23)14-5-6-19(24-11-14)27-16-9-13-10-18(16)28(12-13)21(30)15-3-1-2-4-17(15)29-25-7-8-26-29;1-14-6-7-20(22-12-14)25-17-10-15-11-19(17)26(13-15)21(28)16-4-2-3-5-18(16)27-23-8-9-24-27/h1-8,11,13,17-18,21H,9-10,12H2,(H,29,30);1-7,10-11,13,18-19H,8-9,12H2,(H,27,28);1-8,11,13,16,18,20H,9-10,12H2,(H,24,27);2-9,12,15,17,19H,10-11,13H2,1H3,(H,22,25). The van der Waals surface area contributed by atoms with E-state index in [0.29, 0.717) is 93.9 Å². The molecule has 612 valence electrons. The third kappa shape index (κ3) is 17.0. The van der Waals surface area contributed by atoms with Crippen molar-refractivity contribution in [1.29, 1.82) is 0 Å². The number of carbonyl (C=O) groups excluding carboxylic acids is 4. The average molecular weight is 1650 g/mol. The molecule has 4 amide bonds. The van der Waals surface area contributed by atoms with Gasteiger partial charge in [0.1, 0.15) is 34.9 Å². The number of rotatable bonds is 18. The molecule has 4 saturated carbocycles. The van der Waals surface area contributed by atoms with Gasteiger partial charge < -0.3 is 40.9 Å². The second-order valence-electron chi connectivity index (χ2n) is 31.3. The van der Waals surface area contributed by atoms with Crippen LogP contribution in [0.15, 0.2) is 220 Å². The Morgan fingerprint density at radius 2 is 0.767 bits per heavy atom. The van der Waals surface area contributed by atoms with Crippen LogP contribution in [0.2, 0.25) is 5.02 Å². The number of nitrogens with zero attached hydrogens (tertiary/aromatic N) is 18. The van der Waals surface area contributed by atoms with Crippen LogP contribution >= 0.6 is 11.6 Å². The number of halogens is 7. The van der Waals surface area contributed by atoms with Crippen LogP contribution in [0.4, 0.5) is 49.6 Å². The summed E-state index contributed by atoms with van der Waals surface area (Å²) in [5.41, 5.74) is 4.59. The van der Waals surface area contributed by atoms with E-state index in [1.807, 2.05) is 82.4 Å². The number of carbonyl (C=O) groups is 4. The van der Waals surface area contributed by atoms with Gasteiger partial charge in [0.25, 0.3) is 36.5 Å². The van der Waals surface area contributed by atoms with Gasteiger partial charge in [0.2, 0.25) is 0 Å². The van der Waals surface area contributed by atoms with E-state index in [1.165, 1.54) is 70.6 Å². The van der Waals surface area contributed by atoms with E-state index in [0.717, 1.165) is 81.3 Å². The van der Waals surface area contributed by atoms with Crippen LogP contribution in [0.25, 0.3) is 34.2 Å². The molecule has 12 heterocycles. The molecular weight excluding hydrogens is 1570 g/mol. The van der Waals surface area contributed by atoms with E-state index in [4.69, 9.17) is 11.6 Å². The van der Waals surface area contributed by atoms with Crippen LogP contribution in [0, 0.1) is 42.2 Å². The van der Waals surface area contributed by atoms with E-state index in [1.54, 1.807) is 90.7 Å². The molecule has 20 rings (SSSR count). The maximum Gasteiger partial charge on any atom is 0.265 e. The van der Waals surface area contributed by atoms with Crippen molar-refractivity contribution in [3.05, 3.63) is 276 Å². The van der Waals surface area contributed by atoms with Crippen molar-refractivity contribution in [1.82, 2.24) is 89.5 Å². The van der Waals surface area contributed by atoms with E-state index < -0.39 is 24.5 Å². The van der Waals surface area contributed by atoms with E-state index in [-0.39, 0.29) is 106 Å². The lowest BCUT2D eigenvalue weighted by Gasteiger charge is -2.34. The minimum absolute atomic E-state index is 0.0211. The lowest BCUT2D eigenvalue weighted by Crippen LogP contribution is -2.48. The molecule has 120 heavy (non-hydrogen) atoms. The van der Waals surface area contributed by atoms with Gasteiger partial charge in [0.05, 0.1) is 93.2 Å². The fourth-order valence-corrected chi connectivity index (χ4v) is 18.4. The van der Waals surface area contributed by atoms with Crippen LogP contribution < -0.4 is 21.3 Å². The molecule has 4 aliphatic heterocycles. The second-order valence-corrected chi connectivity index (χ2v) is 31.7. The minimum atomic E-state index is -2.57. The molecule has 8 bridgehead atoms. The van der Waals surface area contributed by atoms with Crippen LogP contribution in [0.1, 0.15) is 122 Å². The summed E-state index contributed by atoms with van der Waals surface area (Å²) in [6.45, 7) is 4.80. The molecule has 26 nitrogen and oxygen atoms in total.